The van der Waals surface area contributed by atoms with Gasteiger partial charge in [0.25, 0.3) is 0 Å². The molecule has 3 unspecified atom stereocenters. The molecule has 0 amide bonds. The second-order valence-corrected chi connectivity index (χ2v) is 5.14. The Morgan fingerprint density at radius 3 is 2.25 bits per heavy atom. The van der Waals surface area contributed by atoms with Crippen molar-refractivity contribution in [1.82, 2.24) is 0 Å². The van der Waals surface area contributed by atoms with Crippen molar-refractivity contribution in [3.05, 3.63) is 29.8 Å². The van der Waals surface area contributed by atoms with Gasteiger partial charge in [0.05, 0.1) is 6.10 Å². The Kier molecular flexibility index (Phi) is 3.20. The van der Waals surface area contributed by atoms with Gasteiger partial charge >= 0.3 is 0 Å². The average Bonchev–Trinajstić information content (AvgIpc) is 2.95. The van der Waals surface area contributed by atoms with Crippen LogP contribution in [0, 0.1) is 11.8 Å². The van der Waals surface area contributed by atoms with Crippen molar-refractivity contribution < 1.29 is 4.74 Å². The molecular formula is C14H21NO. The van der Waals surface area contributed by atoms with Gasteiger partial charge in [0, 0.05) is 6.04 Å². The minimum atomic E-state index is 0.197. The lowest BCUT2D eigenvalue weighted by molar-refractivity contribution is 0.242. The molecule has 0 spiro atoms. The zero-order valence-corrected chi connectivity index (χ0v) is 10.3. The summed E-state index contributed by atoms with van der Waals surface area (Å²) in [5, 5.41) is 0. The van der Waals surface area contributed by atoms with Crippen LogP contribution in [0.4, 0.5) is 0 Å². The molecule has 1 aromatic carbocycles. The van der Waals surface area contributed by atoms with Crippen LogP contribution in [-0.2, 0) is 0 Å². The fourth-order valence-corrected chi connectivity index (χ4v) is 2.14. The highest BCUT2D eigenvalue weighted by Crippen LogP contribution is 2.45. The van der Waals surface area contributed by atoms with E-state index < -0.39 is 0 Å². The molecule has 2 N–H and O–H groups in total. The van der Waals surface area contributed by atoms with Gasteiger partial charge < -0.3 is 10.5 Å². The topological polar surface area (TPSA) is 35.2 Å². The fourth-order valence-electron chi connectivity index (χ4n) is 2.14. The zero-order valence-electron chi connectivity index (χ0n) is 10.3. The highest BCUT2D eigenvalue weighted by molar-refractivity contribution is 5.30. The molecule has 1 saturated carbocycles. The van der Waals surface area contributed by atoms with Crippen molar-refractivity contribution in [3.63, 3.8) is 0 Å². The molecule has 1 aromatic rings. The van der Waals surface area contributed by atoms with Crippen LogP contribution in [0.5, 0.6) is 5.75 Å². The van der Waals surface area contributed by atoms with Gasteiger partial charge in [-0.15, -0.1) is 0 Å². The van der Waals surface area contributed by atoms with Crippen LogP contribution < -0.4 is 10.5 Å². The fraction of sp³-hybridized carbons (Fsp3) is 0.571. The Balaban J connectivity index is 2.01. The summed E-state index contributed by atoms with van der Waals surface area (Å²) in [6.07, 6.45) is 1.49. The molecule has 16 heavy (non-hydrogen) atoms. The summed E-state index contributed by atoms with van der Waals surface area (Å²) in [5.74, 6) is 2.40. The van der Waals surface area contributed by atoms with Crippen LogP contribution in [0.2, 0.25) is 0 Å². The summed E-state index contributed by atoms with van der Waals surface area (Å²) in [6.45, 7) is 6.33. The maximum absolute atomic E-state index is 6.20. The molecular weight excluding hydrogens is 198 g/mol. The van der Waals surface area contributed by atoms with Crippen molar-refractivity contribution in [2.45, 2.75) is 39.3 Å². The van der Waals surface area contributed by atoms with Gasteiger partial charge in [-0.3, -0.25) is 0 Å². The van der Waals surface area contributed by atoms with E-state index in [-0.39, 0.29) is 12.1 Å². The molecule has 3 atom stereocenters. The number of hydrogen-bond acceptors (Lipinski definition) is 2. The minimum Gasteiger partial charge on any atom is -0.491 e. The smallest absolute Gasteiger partial charge is 0.119 e. The lowest BCUT2D eigenvalue weighted by atomic mass is 10.0. The lowest BCUT2D eigenvalue weighted by Crippen LogP contribution is -2.13. The van der Waals surface area contributed by atoms with Crippen LogP contribution in [-0.4, -0.2) is 6.10 Å². The maximum Gasteiger partial charge on any atom is 0.119 e. The van der Waals surface area contributed by atoms with Crippen molar-refractivity contribution in [3.8, 4) is 5.75 Å². The maximum atomic E-state index is 6.20. The third-order valence-corrected chi connectivity index (χ3v) is 3.27. The number of hydrogen-bond donors (Lipinski definition) is 1. The minimum absolute atomic E-state index is 0.197. The lowest BCUT2D eigenvalue weighted by Gasteiger charge is -2.13. The molecule has 88 valence electrons. The summed E-state index contributed by atoms with van der Waals surface area (Å²) in [5.41, 5.74) is 7.43. The largest absolute Gasteiger partial charge is 0.491 e. The van der Waals surface area contributed by atoms with E-state index in [9.17, 15) is 0 Å². The molecule has 2 heteroatoms. The molecule has 0 bridgehead atoms. The average molecular weight is 219 g/mol. The predicted octanol–water partition coefficient (Wildman–Crippen LogP) is 3.13. The number of ether oxygens (including phenoxy) is 1. The first kappa shape index (κ1) is 11.5. The van der Waals surface area contributed by atoms with E-state index in [1.54, 1.807) is 0 Å². The molecule has 1 aliphatic rings. The molecule has 0 aromatic heterocycles. The first-order chi connectivity index (χ1) is 7.58. The van der Waals surface area contributed by atoms with Crippen LogP contribution >= 0.6 is 0 Å². The van der Waals surface area contributed by atoms with Crippen molar-refractivity contribution in [1.29, 1.82) is 0 Å². The van der Waals surface area contributed by atoms with E-state index >= 15 is 0 Å². The summed E-state index contributed by atoms with van der Waals surface area (Å²) in [6, 6.07) is 8.41. The summed E-state index contributed by atoms with van der Waals surface area (Å²) >= 11 is 0. The quantitative estimate of drug-likeness (QED) is 0.844. The first-order valence-corrected chi connectivity index (χ1v) is 6.10. The van der Waals surface area contributed by atoms with Crippen LogP contribution in [0.1, 0.15) is 38.8 Å². The van der Waals surface area contributed by atoms with Gasteiger partial charge in [-0.2, -0.15) is 0 Å². The van der Waals surface area contributed by atoms with E-state index in [2.05, 4.69) is 19.1 Å². The predicted molar refractivity (Wildman–Crippen MR) is 66.4 cm³/mol. The van der Waals surface area contributed by atoms with Gasteiger partial charge in [-0.25, -0.2) is 0 Å². The molecule has 0 radical (unpaired) electrons. The van der Waals surface area contributed by atoms with Crippen LogP contribution in [0.15, 0.2) is 24.3 Å². The molecule has 2 nitrogen and oxygen atoms in total. The van der Waals surface area contributed by atoms with Crippen molar-refractivity contribution in [2.75, 3.05) is 0 Å². The number of rotatable bonds is 4. The summed E-state index contributed by atoms with van der Waals surface area (Å²) in [4.78, 5) is 0. The Morgan fingerprint density at radius 2 is 1.81 bits per heavy atom. The van der Waals surface area contributed by atoms with Crippen LogP contribution in [0.3, 0.4) is 0 Å². The van der Waals surface area contributed by atoms with E-state index in [1.807, 2.05) is 26.0 Å². The Hall–Kier alpha value is -1.02. The SMILES string of the molecule is CC(C)Oc1ccc(C(N)C2CC2C)cc1. The third-order valence-electron chi connectivity index (χ3n) is 3.27. The van der Waals surface area contributed by atoms with E-state index in [1.165, 1.54) is 12.0 Å². The zero-order chi connectivity index (χ0) is 11.7. The van der Waals surface area contributed by atoms with E-state index in [4.69, 9.17) is 10.5 Å². The first-order valence-electron chi connectivity index (χ1n) is 6.10. The monoisotopic (exact) mass is 219 g/mol. The molecule has 0 saturated heterocycles. The summed E-state index contributed by atoms with van der Waals surface area (Å²) < 4.78 is 5.61. The van der Waals surface area contributed by atoms with Gasteiger partial charge in [0.1, 0.15) is 5.75 Å². The van der Waals surface area contributed by atoms with Crippen molar-refractivity contribution in [2.24, 2.45) is 17.6 Å². The molecule has 2 rings (SSSR count). The highest BCUT2D eigenvalue weighted by atomic mass is 16.5. The van der Waals surface area contributed by atoms with Crippen LogP contribution in [0.25, 0.3) is 0 Å². The standard InChI is InChI=1S/C14H21NO/c1-9(2)16-12-6-4-11(5-7-12)14(15)13-8-10(13)3/h4-7,9-10,13-14H,8,15H2,1-3H3. The second-order valence-electron chi connectivity index (χ2n) is 5.14. The number of benzene rings is 1. The molecule has 1 aliphatic carbocycles. The highest BCUT2D eigenvalue weighted by Gasteiger charge is 2.38. The molecule has 1 fully saturated rings. The van der Waals surface area contributed by atoms with Gasteiger partial charge in [-0.05, 0) is 49.8 Å². The van der Waals surface area contributed by atoms with Gasteiger partial charge in [0.15, 0.2) is 0 Å². The molecule has 0 heterocycles. The molecule has 0 aliphatic heterocycles. The third kappa shape index (κ3) is 2.56. The van der Waals surface area contributed by atoms with Gasteiger partial charge in [0.2, 0.25) is 0 Å². The number of nitrogens with two attached hydrogens (primary N) is 1. The van der Waals surface area contributed by atoms with E-state index in [0.29, 0.717) is 5.92 Å². The van der Waals surface area contributed by atoms with Gasteiger partial charge in [-0.1, -0.05) is 19.1 Å². The van der Waals surface area contributed by atoms with E-state index in [0.717, 1.165) is 11.7 Å². The van der Waals surface area contributed by atoms with Crippen molar-refractivity contribution >= 4 is 0 Å². The second kappa shape index (κ2) is 4.46. The Bertz CT molecular complexity index is 344. The summed E-state index contributed by atoms with van der Waals surface area (Å²) in [7, 11) is 0. The Labute approximate surface area is 97.8 Å². The Morgan fingerprint density at radius 1 is 1.25 bits per heavy atom. The normalized spacial score (nSPS) is 25.6.